The molecular weight excluding hydrogens is 516 g/mol. The number of imidazole rings is 1. The molecule has 214 valence electrons. The van der Waals surface area contributed by atoms with Crippen LogP contribution in [0.25, 0.3) is 11.2 Å². The van der Waals surface area contributed by atoms with Crippen LogP contribution in [0.5, 0.6) is 5.75 Å². The number of hydrogen-bond acceptors (Lipinski definition) is 12. The van der Waals surface area contributed by atoms with Gasteiger partial charge in [0.25, 0.3) is 0 Å². The highest BCUT2D eigenvalue weighted by molar-refractivity contribution is 5.81. The molecule has 4 aromatic rings. The average molecular weight is 553 g/mol. The van der Waals surface area contributed by atoms with E-state index >= 15 is 0 Å². The summed E-state index contributed by atoms with van der Waals surface area (Å²) >= 11 is 0. The largest absolute Gasteiger partial charge is 0.487 e. The van der Waals surface area contributed by atoms with Gasteiger partial charge in [-0.05, 0) is 37.2 Å². The van der Waals surface area contributed by atoms with Crippen molar-refractivity contribution in [3.05, 3.63) is 54.4 Å². The van der Waals surface area contributed by atoms with E-state index in [4.69, 9.17) is 19.9 Å². The van der Waals surface area contributed by atoms with Crippen molar-refractivity contribution in [2.75, 3.05) is 39.1 Å². The number of aromatic nitrogens is 7. The van der Waals surface area contributed by atoms with Crippen molar-refractivity contribution in [3.8, 4) is 5.75 Å². The number of fused-ring (bicyclic) bond motifs is 1. The number of nitrogens with one attached hydrogen (secondary N) is 2. The van der Waals surface area contributed by atoms with E-state index in [0.717, 1.165) is 37.5 Å². The number of nitrogens with zero attached hydrogens (tertiary/aromatic N) is 7. The van der Waals surface area contributed by atoms with Crippen molar-refractivity contribution in [1.82, 2.24) is 45.1 Å². The van der Waals surface area contributed by atoms with Gasteiger partial charge in [-0.1, -0.05) is 17.3 Å². The molecule has 3 aromatic heterocycles. The van der Waals surface area contributed by atoms with Crippen molar-refractivity contribution in [1.29, 1.82) is 0 Å². The second-order valence-electron chi connectivity index (χ2n) is 9.67. The molecule has 1 saturated heterocycles. The summed E-state index contributed by atoms with van der Waals surface area (Å²) in [5, 5.41) is 25.6. The number of anilines is 1. The molecule has 14 nitrogen and oxygen atoms in total. The van der Waals surface area contributed by atoms with Gasteiger partial charge in [-0.15, -0.1) is 5.10 Å². The molecule has 0 bridgehead atoms. The molecule has 1 aliphatic heterocycles. The molecule has 0 radical (unpaired) electrons. The number of nitrogen functional groups attached to an aromatic ring is 1. The van der Waals surface area contributed by atoms with Crippen LogP contribution < -0.4 is 21.1 Å². The van der Waals surface area contributed by atoms with E-state index < -0.39 is 12.3 Å². The molecule has 1 fully saturated rings. The molecule has 0 amide bonds. The Kier molecular flexibility index (Phi) is 9.46. The third kappa shape index (κ3) is 7.08. The average Bonchev–Trinajstić information content (AvgIpc) is 3.69. The van der Waals surface area contributed by atoms with E-state index in [1.807, 2.05) is 18.3 Å². The summed E-state index contributed by atoms with van der Waals surface area (Å²) in [6, 6.07) is 8.04. The highest BCUT2D eigenvalue weighted by Gasteiger charge is 2.36. The Balaban J connectivity index is 0.947. The zero-order valence-electron chi connectivity index (χ0n) is 22.5. The van der Waals surface area contributed by atoms with E-state index in [2.05, 4.69) is 48.0 Å². The molecule has 0 saturated carbocycles. The van der Waals surface area contributed by atoms with Crippen LogP contribution in [-0.4, -0.2) is 85.2 Å². The van der Waals surface area contributed by atoms with Crippen LogP contribution in [0, 0.1) is 0 Å². The van der Waals surface area contributed by atoms with Gasteiger partial charge in [0.2, 0.25) is 0 Å². The molecule has 0 aliphatic carbocycles. The molecule has 40 heavy (non-hydrogen) atoms. The first kappa shape index (κ1) is 27.9. The maximum absolute atomic E-state index is 10.6. The van der Waals surface area contributed by atoms with E-state index in [9.17, 15) is 5.11 Å². The van der Waals surface area contributed by atoms with Gasteiger partial charge in [-0.2, -0.15) is 0 Å². The van der Waals surface area contributed by atoms with Crippen LogP contribution in [-0.2, 0) is 29.2 Å². The van der Waals surface area contributed by atoms with Crippen LogP contribution in [0.3, 0.4) is 0 Å². The van der Waals surface area contributed by atoms with Crippen molar-refractivity contribution < 1.29 is 19.3 Å². The van der Waals surface area contributed by atoms with Crippen LogP contribution >= 0.6 is 0 Å². The summed E-state index contributed by atoms with van der Waals surface area (Å²) in [6.45, 7) is 4.78. The second-order valence-corrected chi connectivity index (χ2v) is 9.67. The lowest BCUT2D eigenvalue weighted by atomic mass is 10.2. The van der Waals surface area contributed by atoms with Gasteiger partial charge in [0.05, 0.1) is 31.8 Å². The third-order valence-electron chi connectivity index (χ3n) is 6.66. The predicted molar refractivity (Wildman–Crippen MR) is 146 cm³/mol. The number of benzene rings is 1. The van der Waals surface area contributed by atoms with E-state index in [0.29, 0.717) is 49.7 Å². The Morgan fingerprint density at radius 1 is 1.15 bits per heavy atom. The zero-order valence-corrected chi connectivity index (χ0v) is 22.5. The number of rotatable bonds is 15. The fourth-order valence-electron chi connectivity index (χ4n) is 4.56. The lowest BCUT2D eigenvalue weighted by Crippen LogP contribution is -2.29. The smallest absolute Gasteiger partial charge is 0.167 e. The first-order valence-electron chi connectivity index (χ1n) is 13.4. The minimum absolute atomic E-state index is 0.104. The lowest BCUT2D eigenvalue weighted by Gasteiger charge is -2.17. The number of hydrogen-bond donors (Lipinski definition) is 4. The maximum atomic E-state index is 10.6. The minimum Gasteiger partial charge on any atom is -0.487 e. The quantitative estimate of drug-likeness (QED) is 0.152. The molecule has 1 aliphatic rings. The van der Waals surface area contributed by atoms with Gasteiger partial charge in [0, 0.05) is 26.6 Å². The number of aliphatic hydroxyl groups excluding tert-OH is 1. The Bertz CT molecular complexity index is 1350. The van der Waals surface area contributed by atoms with Crippen LogP contribution in [0.2, 0.25) is 0 Å². The fourth-order valence-corrected chi connectivity index (χ4v) is 4.56. The van der Waals surface area contributed by atoms with Crippen molar-refractivity contribution in [3.63, 3.8) is 0 Å². The van der Waals surface area contributed by atoms with Gasteiger partial charge in [0.15, 0.2) is 17.7 Å². The maximum Gasteiger partial charge on any atom is 0.167 e. The Morgan fingerprint density at radius 2 is 2.00 bits per heavy atom. The standard InChI is InChI=1S/C26H36N10O4/c1-38-10-9-35-14-19(33-34-35)15-39-20-5-3-18(4-6-20)12-28-7-2-8-29-13-21-11-22(37)26(40-21)36-17-32-23-24(27)30-16-31-25(23)36/h3-6,14,16-17,21-22,26,28-29,37H,2,7-13,15H2,1H3,(H2,27,30,31)/t21-,22+,26+/m0/s1. The summed E-state index contributed by atoms with van der Waals surface area (Å²) in [4.78, 5) is 12.5. The zero-order chi connectivity index (χ0) is 27.7. The summed E-state index contributed by atoms with van der Waals surface area (Å²) < 4.78 is 20.4. The number of ether oxygens (including phenoxy) is 3. The summed E-state index contributed by atoms with van der Waals surface area (Å²) in [6.07, 6.45) is 5.03. The molecular formula is C26H36N10O4. The first-order valence-corrected chi connectivity index (χ1v) is 13.4. The molecule has 0 spiro atoms. The van der Waals surface area contributed by atoms with Gasteiger partial charge < -0.3 is 35.7 Å². The van der Waals surface area contributed by atoms with Gasteiger partial charge in [-0.25, -0.2) is 19.6 Å². The summed E-state index contributed by atoms with van der Waals surface area (Å²) in [5.41, 5.74) is 8.89. The number of methoxy groups -OCH3 is 1. The molecule has 0 unspecified atom stereocenters. The van der Waals surface area contributed by atoms with Crippen LogP contribution in [0.1, 0.15) is 30.3 Å². The molecule has 14 heteroatoms. The predicted octanol–water partition coefficient (Wildman–Crippen LogP) is 0.643. The Hall–Kier alpha value is -3.69. The van der Waals surface area contributed by atoms with E-state index in [-0.39, 0.29) is 6.10 Å². The van der Waals surface area contributed by atoms with Crippen molar-refractivity contribution >= 4 is 17.0 Å². The van der Waals surface area contributed by atoms with Gasteiger partial charge in [0.1, 0.15) is 36.0 Å². The second kappa shape index (κ2) is 13.6. The lowest BCUT2D eigenvalue weighted by molar-refractivity contribution is -0.0341. The van der Waals surface area contributed by atoms with Gasteiger partial charge >= 0.3 is 0 Å². The van der Waals surface area contributed by atoms with Crippen LogP contribution in [0.15, 0.2) is 43.1 Å². The molecule has 3 atom stereocenters. The Labute approximate surface area is 231 Å². The molecule has 4 heterocycles. The topological polar surface area (TPSA) is 172 Å². The minimum atomic E-state index is -0.652. The SMILES string of the molecule is COCCn1cc(COc2ccc(CNCCCNC[C@@H]3C[C@@H](O)[C@H](n4cnc5c(N)ncnc54)O3)cc2)nn1. The summed E-state index contributed by atoms with van der Waals surface area (Å²) in [7, 11) is 1.66. The highest BCUT2D eigenvalue weighted by atomic mass is 16.5. The molecule has 5 rings (SSSR count). The summed E-state index contributed by atoms with van der Waals surface area (Å²) in [5.74, 6) is 1.10. The van der Waals surface area contributed by atoms with E-state index in [1.165, 1.54) is 11.9 Å². The number of aliphatic hydroxyl groups is 1. The third-order valence-corrected chi connectivity index (χ3v) is 6.66. The normalized spacial score (nSPS) is 19.0. The Morgan fingerprint density at radius 3 is 2.85 bits per heavy atom. The van der Waals surface area contributed by atoms with E-state index in [1.54, 1.807) is 22.7 Å². The molecule has 5 N–H and O–H groups in total. The monoisotopic (exact) mass is 552 g/mol. The highest BCUT2D eigenvalue weighted by Crippen LogP contribution is 2.31. The molecule has 1 aromatic carbocycles. The van der Waals surface area contributed by atoms with Crippen LogP contribution in [0.4, 0.5) is 5.82 Å². The van der Waals surface area contributed by atoms with Gasteiger partial charge in [-0.3, -0.25) is 4.57 Å². The van der Waals surface area contributed by atoms with Crippen molar-refractivity contribution in [2.45, 2.75) is 51.0 Å². The van der Waals surface area contributed by atoms with Crippen molar-refractivity contribution in [2.24, 2.45) is 0 Å². The number of nitrogens with two attached hydrogens (primary N) is 1. The first-order chi connectivity index (χ1) is 19.6. The fraction of sp³-hybridized carbons (Fsp3) is 0.500.